The number of para-hydroxylation sites is 1. The average Bonchev–Trinajstić information content (AvgIpc) is 3.07. The van der Waals surface area contributed by atoms with Crippen molar-refractivity contribution in [2.24, 2.45) is 0 Å². The lowest BCUT2D eigenvalue weighted by Crippen LogP contribution is -2.15. The molecule has 0 bridgehead atoms. The molecule has 2 aromatic carbocycles. The Kier molecular flexibility index (Phi) is 5.97. The maximum Gasteiger partial charge on any atom is 0.234 e. The van der Waals surface area contributed by atoms with Crippen LogP contribution in [0.1, 0.15) is 5.82 Å². The van der Waals surface area contributed by atoms with Crippen LogP contribution in [0.15, 0.2) is 53.7 Å². The fourth-order valence-corrected chi connectivity index (χ4v) is 3.34. The summed E-state index contributed by atoms with van der Waals surface area (Å²) in [6, 6.07) is 15.0. The number of nitrogens with zero attached hydrogens (tertiary/aromatic N) is 3. The zero-order valence-corrected chi connectivity index (χ0v) is 16.1. The van der Waals surface area contributed by atoms with Crippen molar-refractivity contribution in [1.29, 1.82) is 0 Å². The number of nitrogens with one attached hydrogen (secondary N) is 1. The van der Waals surface area contributed by atoms with Gasteiger partial charge >= 0.3 is 0 Å². The van der Waals surface area contributed by atoms with Gasteiger partial charge in [-0.2, -0.15) is 0 Å². The first-order valence-corrected chi connectivity index (χ1v) is 9.23. The molecule has 7 nitrogen and oxygen atoms in total. The smallest absolute Gasteiger partial charge is 0.234 e. The standard InChI is InChI=1S/C19H20N4O3S/c1-13-21-22-19(23(13)14-7-5-4-6-8-14)27-12-18(24)20-16-11-15(25-2)9-10-17(16)26-3/h4-11H,12H2,1-3H3,(H,20,24). The second-order valence-corrected chi connectivity index (χ2v) is 6.55. The van der Waals surface area contributed by atoms with Gasteiger partial charge < -0.3 is 14.8 Å². The molecule has 0 saturated carbocycles. The molecular weight excluding hydrogens is 364 g/mol. The highest BCUT2D eigenvalue weighted by Gasteiger charge is 2.14. The van der Waals surface area contributed by atoms with Gasteiger partial charge in [0.05, 0.1) is 25.7 Å². The molecule has 1 N–H and O–H groups in total. The molecule has 0 aliphatic rings. The van der Waals surface area contributed by atoms with E-state index in [1.165, 1.54) is 11.8 Å². The zero-order valence-electron chi connectivity index (χ0n) is 15.3. The highest BCUT2D eigenvalue weighted by atomic mass is 32.2. The predicted octanol–water partition coefficient (Wildman–Crippen LogP) is 3.32. The van der Waals surface area contributed by atoms with E-state index in [4.69, 9.17) is 9.47 Å². The van der Waals surface area contributed by atoms with Gasteiger partial charge in [0.1, 0.15) is 17.3 Å². The summed E-state index contributed by atoms with van der Waals surface area (Å²) in [5.74, 6) is 1.98. The first-order chi connectivity index (χ1) is 13.1. The Hall–Kier alpha value is -3.00. The van der Waals surface area contributed by atoms with E-state index in [-0.39, 0.29) is 11.7 Å². The number of ether oxygens (including phenoxy) is 2. The van der Waals surface area contributed by atoms with Crippen molar-refractivity contribution in [2.75, 3.05) is 25.3 Å². The fraction of sp³-hybridized carbons (Fsp3) is 0.211. The second-order valence-electron chi connectivity index (χ2n) is 5.60. The average molecular weight is 384 g/mol. The van der Waals surface area contributed by atoms with Gasteiger partial charge in [0.15, 0.2) is 5.16 Å². The number of carbonyl (C=O) groups is 1. The van der Waals surface area contributed by atoms with Gasteiger partial charge in [-0.05, 0) is 31.2 Å². The number of anilines is 1. The first kappa shape index (κ1) is 18.8. The second kappa shape index (κ2) is 8.59. The molecule has 140 valence electrons. The zero-order chi connectivity index (χ0) is 19.2. The van der Waals surface area contributed by atoms with Crippen LogP contribution in [0.4, 0.5) is 5.69 Å². The largest absolute Gasteiger partial charge is 0.497 e. The Balaban J connectivity index is 1.71. The maximum atomic E-state index is 12.4. The van der Waals surface area contributed by atoms with Gasteiger partial charge in [-0.25, -0.2) is 0 Å². The molecule has 0 spiro atoms. The lowest BCUT2D eigenvalue weighted by molar-refractivity contribution is -0.113. The Morgan fingerprint density at radius 2 is 1.89 bits per heavy atom. The van der Waals surface area contributed by atoms with Crippen LogP contribution in [0.3, 0.4) is 0 Å². The number of benzene rings is 2. The van der Waals surface area contributed by atoms with Crippen LogP contribution in [0.5, 0.6) is 11.5 Å². The Morgan fingerprint density at radius 3 is 2.59 bits per heavy atom. The van der Waals surface area contributed by atoms with E-state index in [0.717, 1.165) is 11.5 Å². The lowest BCUT2D eigenvalue weighted by atomic mass is 10.2. The van der Waals surface area contributed by atoms with E-state index >= 15 is 0 Å². The highest BCUT2D eigenvalue weighted by molar-refractivity contribution is 7.99. The normalized spacial score (nSPS) is 10.5. The third kappa shape index (κ3) is 4.40. The number of hydrogen-bond acceptors (Lipinski definition) is 6. The number of rotatable bonds is 7. The van der Waals surface area contributed by atoms with E-state index in [2.05, 4.69) is 15.5 Å². The van der Waals surface area contributed by atoms with Crippen molar-refractivity contribution in [3.63, 3.8) is 0 Å². The van der Waals surface area contributed by atoms with E-state index in [1.54, 1.807) is 32.4 Å². The topological polar surface area (TPSA) is 78.3 Å². The molecule has 0 saturated heterocycles. The highest BCUT2D eigenvalue weighted by Crippen LogP contribution is 2.29. The molecule has 27 heavy (non-hydrogen) atoms. The van der Waals surface area contributed by atoms with Crippen LogP contribution < -0.4 is 14.8 Å². The molecule has 0 aliphatic heterocycles. The Bertz CT molecular complexity index is 928. The molecule has 3 aromatic rings. The monoisotopic (exact) mass is 384 g/mol. The number of aryl methyl sites for hydroxylation is 1. The summed E-state index contributed by atoms with van der Waals surface area (Å²) in [6.07, 6.45) is 0. The summed E-state index contributed by atoms with van der Waals surface area (Å²) in [4.78, 5) is 12.4. The van der Waals surface area contributed by atoms with E-state index in [0.29, 0.717) is 22.3 Å². The minimum atomic E-state index is -0.174. The molecule has 0 fully saturated rings. The SMILES string of the molecule is COc1ccc(OC)c(NC(=O)CSc2nnc(C)n2-c2ccccc2)c1. The van der Waals surface area contributed by atoms with E-state index in [1.807, 2.05) is 41.8 Å². The van der Waals surface area contributed by atoms with Gasteiger partial charge in [-0.3, -0.25) is 9.36 Å². The van der Waals surface area contributed by atoms with Crippen LogP contribution in [-0.4, -0.2) is 40.6 Å². The Morgan fingerprint density at radius 1 is 1.11 bits per heavy atom. The van der Waals surface area contributed by atoms with Crippen LogP contribution >= 0.6 is 11.8 Å². The predicted molar refractivity (Wildman–Crippen MR) is 105 cm³/mol. The van der Waals surface area contributed by atoms with Gasteiger partial charge in [-0.1, -0.05) is 30.0 Å². The summed E-state index contributed by atoms with van der Waals surface area (Å²) in [7, 11) is 3.12. The number of carbonyl (C=O) groups excluding carboxylic acids is 1. The van der Waals surface area contributed by atoms with E-state index in [9.17, 15) is 4.79 Å². The van der Waals surface area contributed by atoms with Gasteiger partial charge in [0, 0.05) is 11.8 Å². The minimum absolute atomic E-state index is 0.174. The molecule has 0 aliphatic carbocycles. The molecule has 0 radical (unpaired) electrons. The lowest BCUT2D eigenvalue weighted by Gasteiger charge is -2.12. The van der Waals surface area contributed by atoms with Crippen molar-refractivity contribution < 1.29 is 14.3 Å². The van der Waals surface area contributed by atoms with Crippen LogP contribution in [0.25, 0.3) is 5.69 Å². The molecule has 0 unspecified atom stereocenters. The quantitative estimate of drug-likeness (QED) is 0.630. The van der Waals surface area contributed by atoms with Gasteiger partial charge in [0.2, 0.25) is 5.91 Å². The molecule has 8 heteroatoms. The molecule has 1 amide bonds. The molecule has 0 atom stereocenters. The molecule has 1 aromatic heterocycles. The van der Waals surface area contributed by atoms with Crippen LogP contribution in [-0.2, 0) is 4.79 Å². The molecule has 3 rings (SSSR count). The summed E-state index contributed by atoms with van der Waals surface area (Å²) in [5.41, 5.74) is 1.51. The summed E-state index contributed by atoms with van der Waals surface area (Å²) < 4.78 is 12.4. The number of amides is 1. The third-order valence-corrected chi connectivity index (χ3v) is 4.75. The first-order valence-electron chi connectivity index (χ1n) is 8.24. The molecule has 1 heterocycles. The number of methoxy groups -OCH3 is 2. The van der Waals surface area contributed by atoms with Crippen molar-refractivity contribution in [1.82, 2.24) is 14.8 Å². The minimum Gasteiger partial charge on any atom is -0.497 e. The van der Waals surface area contributed by atoms with Crippen LogP contribution in [0, 0.1) is 6.92 Å². The number of thioether (sulfide) groups is 1. The van der Waals surface area contributed by atoms with Gasteiger partial charge in [0.25, 0.3) is 0 Å². The van der Waals surface area contributed by atoms with Crippen LogP contribution in [0.2, 0.25) is 0 Å². The summed E-state index contributed by atoms with van der Waals surface area (Å²) in [5, 5.41) is 11.8. The molecular formula is C19H20N4O3S. The van der Waals surface area contributed by atoms with Gasteiger partial charge in [-0.15, -0.1) is 10.2 Å². The van der Waals surface area contributed by atoms with Crippen molar-refractivity contribution >= 4 is 23.4 Å². The third-order valence-electron chi connectivity index (χ3n) is 3.82. The summed E-state index contributed by atoms with van der Waals surface area (Å²) in [6.45, 7) is 1.88. The number of hydrogen-bond donors (Lipinski definition) is 1. The fourth-order valence-electron chi connectivity index (χ4n) is 2.54. The van der Waals surface area contributed by atoms with E-state index < -0.39 is 0 Å². The van der Waals surface area contributed by atoms with Crippen molar-refractivity contribution in [2.45, 2.75) is 12.1 Å². The van der Waals surface area contributed by atoms with Crippen molar-refractivity contribution in [3.05, 3.63) is 54.4 Å². The number of aromatic nitrogens is 3. The Labute approximate surface area is 161 Å². The maximum absolute atomic E-state index is 12.4. The summed E-state index contributed by atoms with van der Waals surface area (Å²) >= 11 is 1.32. The van der Waals surface area contributed by atoms with Crippen molar-refractivity contribution in [3.8, 4) is 17.2 Å².